The molecular formula is C11H18F3N3O2. The van der Waals surface area contributed by atoms with Crippen LogP contribution in [0.2, 0.25) is 0 Å². The first kappa shape index (κ1) is 15.9. The second-order valence-corrected chi connectivity index (χ2v) is 5.13. The van der Waals surface area contributed by atoms with Crippen LogP contribution in [0.5, 0.6) is 0 Å². The quantitative estimate of drug-likeness (QED) is 0.809. The van der Waals surface area contributed by atoms with Crippen molar-refractivity contribution in [1.29, 1.82) is 0 Å². The summed E-state index contributed by atoms with van der Waals surface area (Å²) in [5.41, 5.74) is -0.0789. The molecule has 0 fully saturated rings. The van der Waals surface area contributed by atoms with Gasteiger partial charge in [0.2, 0.25) is 5.89 Å². The first-order valence-electron chi connectivity index (χ1n) is 5.87. The minimum absolute atomic E-state index is 0.0789. The van der Waals surface area contributed by atoms with Crippen LogP contribution in [-0.2, 0) is 17.7 Å². The molecule has 0 spiro atoms. The highest BCUT2D eigenvalue weighted by atomic mass is 19.4. The molecule has 5 nitrogen and oxygen atoms in total. The van der Waals surface area contributed by atoms with Crippen LogP contribution in [0.4, 0.5) is 13.2 Å². The van der Waals surface area contributed by atoms with Gasteiger partial charge in [0.05, 0.1) is 13.2 Å². The van der Waals surface area contributed by atoms with Gasteiger partial charge in [0.25, 0.3) is 0 Å². The first-order valence-corrected chi connectivity index (χ1v) is 5.87. The lowest BCUT2D eigenvalue weighted by atomic mass is 10.1. The normalized spacial score (nSPS) is 12.9. The third-order valence-corrected chi connectivity index (χ3v) is 2.02. The Kier molecular flexibility index (Phi) is 5.30. The van der Waals surface area contributed by atoms with E-state index in [1.807, 2.05) is 20.8 Å². The van der Waals surface area contributed by atoms with Crippen LogP contribution >= 0.6 is 0 Å². The fourth-order valence-corrected chi connectivity index (χ4v) is 1.16. The van der Waals surface area contributed by atoms with Gasteiger partial charge in [-0.3, -0.25) is 0 Å². The van der Waals surface area contributed by atoms with Crippen molar-refractivity contribution in [3.05, 3.63) is 11.7 Å². The Morgan fingerprint density at radius 3 is 2.53 bits per heavy atom. The molecule has 1 aromatic heterocycles. The summed E-state index contributed by atoms with van der Waals surface area (Å²) >= 11 is 0. The molecule has 0 aromatic carbocycles. The summed E-state index contributed by atoms with van der Waals surface area (Å²) in [4.78, 5) is 4.05. The summed E-state index contributed by atoms with van der Waals surface area (Å²) in [5.74, 6) is 0.744. The molecule has 0 unspecified atom stereocenters. The van der Waals surface area contributed by atoms with Gasteiger partial charge in [-0.1, -0.05) is 5.16 Å². The summed E-state index contributed by atoms with van der Waals surface area (Å²) < 4.78 is 44.9. The molecule has 0 saturated heterocycles. The number of nitrogens with zero attached hydrogens (tertiary/aromatic N) is 2. The van der Waals surface area contributed by atoms with Crippen molar-refractivity contribution in [2.45, 2.75) is 45.5 Å². The predicted molar refractivity (Wildman–Crippen MR) is 61.5 cm³/mol. The zero-order valence-electron chi connectivity index (χ0n) is 11.2. The van der Waals surface area contributed by atoms with E-state index in [2.05, 4.69) is 20.2 Å². The highest BCUT2D eigenvalue weighted by Crippen LogP contribution is 2.14. The SMILES string of the molecule is CC(C)(C)NCc1nc(CCOCC(F)(F)F)no1. The van der Waals surface area contributed by atoms with Crippen molar-refractivity contribution in [1.82, 2.24) is 15.5 Å². The van der Waals surface area contributed by atoms with Gasteiger partial charge < -0.3 is 14.6 Å². The highest BCUT2D eigenvalue weighted by Gasteiger charge is 2.27. The van der Waals surface area contributed by atoms with E-state index in [1.54, 1.807) is 0 Å². The van der Waals surface area contributed by atoms with Crippen LogP contribution < -0.4 is 5.32 Å². The molecular weight excluding hydrogens is 263 g/mol. The Hall–Kier alpha value is -1.15. The van der Waals surface area contributed by atoms with Gasteiger partial charge >= 0.3 is 6.18 Å². The Bertz CT molecular complexity index is 385. The molecule has 0 saturated carbocycles. The molecule has 8 heteroatoms. The van der Waals surface area contributed by atoms with Crippen molar-refractivity contribution in [3.8, 4) is 0 Å². The lowest BCUT2D eigenvalue weighted by Gasteiger charge is -2.18. The van der Waals surface area contributed by atoms with Gasteiger partial charge in [0.1, 0.15) is 6.61 Å². The standard InChI is InChI=1S/C11H18F3N3O2/c1-10(2,3)15-6-9-16-8(17-19-9)4-5-18-7-11(12,13)14/h15H,4-7H2,1-3H3. The fraction of sp³-hybridized carbons (Fsp3) is 0.818. The average Bonchev–Trinajstić information content (AvgIpc) is 2.67. The fourth-order valence-electron chi connectivity index (χ4n) is 1.16. The molecule has 0 radical (unpaired) electrons. The number of nitrogens with one attached hydrogen (secondary N) is 1. The van der Waals surface area contributed by atoms with Crippen LogP contribution in [0, 0.1) is 0 Å². The van der Waals surface area contributed by atoms with E-state index < -0.39 is 12.8 Å². The smallest absolute Gasteiger partial charge is 0.372 e. The second kappa shape index (κ2) is 6.33. The van der Waals surface area contributed by atoms with E-state index in [0.29, 0.717) is 18.3 Å². The Morgan fingerprint density at radius 1 is 1.26 bits per heavy atom. The summed E-state index contributed by atoms with van der Waals surface area (Å²) in [6.45, 7) is 5.05. The average molecular weight is 281 g/mol. The number of alkyl halides is 3. The number of aromatic nitrogens is 2. The molecule has 0 aliphatic rings. The summed E-state index contributed by atoms with van der Waals surface area (Å²) in [6.07, 6.45) is -4.12. The van der Waals surface area contributed by atoms with E-state index >= 15 is 0 Å². The largest absolute Gasteiger partial charge is 0.411 e. The molecule has 0 amide bonds. The van der Waals surface area contributed by atoms with Crippen LogP contribution in [0.1, 0.15) is 32.5 Å². The van der Waals surface area contributed by atoms with Crippen molar-refractivity contribution >= 4 is 0 Å². The zero-order valence-corrected chi connectivity index (χ0v) is 11.2. The molecule has 1 aromatic rings. The molecule has 0 atom stereocenters. The van der Waals surface area contributed by atoms with E-state index in [1.165, 1.54) is 0 Å². The van der Waals surface area contributed by atoms with Gasteiger partial charge in [0, 0.05) is 12.0 Å². The van der Waals surface area contributed by atoms with Crippen LogP contribution in [-0.4, -0.2) is 35.1 Å². The van der Waals surface area contributed by atoms with Gasteiger partial charge in [0.15, 0.2) is 5.82 Å². The first-order chi connectivity index (χ1) is 8.66. The van der Waals surface area contributed by atoms with Crippen molar-refractivity contribution in [3.63, 3.8) is 0 Å². The van der Waals surface area contributed by atoms with E-state index in [-0.39, 0.29) is 18.6 Å². The van der Waals surface area contributed by atoms with E-state index in [4.69, 9.17) is 4.52 Å². The van der Waals surface area contributed by atoms with Crippen LogP contribution in [0.25, 0.3) is 0 Å². The number of ether oxygens (including phenoxy) is 1. The predicted octanol–water partition coefficient (Wildman–Crippen LogP) is 2.08. The molecule has 0 bridgehead atoms. The van der Waals surface area contributed by atoms with Gasteiger partial charge in [-0.2, -0.15) is 18.2 Å². The number of hydrogen-bond acceptors (Lipinski definition) is 5. The van der Waals surface area contributed by atoms with Gasteiger partial charge in [-0.15, -0.1) is 0 Å². The number of rotatable bonds is 6. The number of hydrogen-bond donors (Lipinski definition) is 1. The van der Waals surface area contributed by atoms with Gasteiger partial charge in [-0.25, -0.2) is 0 Å². The molecule has 110 valence electrons. The Morgan fingerprint density at radius 2 is 1.95 bits per heavy atom. The second-order valence-electron chi connectivity index (χ2n) is 5.13. The molecule has 1 N–H and O–H groups in total. The Labute approximate surface area is 109 Å². The van der Waals surface area contributed by atoms with Crippen LogP contribution in [0.15, 0.2) is 4.52 Å². The molecule has 0 aliphatic carbocycles. The van der Waals surface area contributed by atoms with E-state index in [0.717, 1.165) is 0 Å². The van der Waals surface area contributed by atoms with Crippen molar-refractivity contribution in [2.75, 3.05) is 13.2 Å². The molecule has 1 rings (SSSR count). The summed E-state index contributed by atoms with van der Waals surface area (Å²) in [7, 11) is 0. The third kappa shape index (κ3) is 7.78. The maximum Gasteiger partial charge on any atom is 0.411 e. The minimum Gasteiger partial charge on any atom is -0.372 e. The highest BCUT2D eigenvalue weighted by molar-refractivity contribution is 4.87. The van der Waals surface area contributed by atoms with E-state index in [9.17, 15) is 13.2 Å². The summed E-state index contributed by atoms with van der Waals surface area (Å²) in [5, 5.41) is 6.83. The zero-order chi connectivity index (χ0) is 14.5. The topological polar surface area (TPSA) is 60.2 Å². The molecule has 0 aliphatic heterocycles. The lowest BCUT2D eigenvalue weighted by Crippen LogP contribution is -2.35. The molecule has 1 heterocycles. The van der Waals surface area contributed by atoms with Gasteiger partial charge in [-0.05, 0) is 20.8 Å². The Balaban J connectivity index is 2.27. The maximum atomic E-state index is 11.8. The summed E-state index contributed by atoms with van der Waals surface area (Å²) in [6, 6.07) is 0. The van der Waals surface area contributed by atoms with Crippen molar-refractivity contribution in [2.24, 2.45) is 0 Å². The number of halogens is 3. The van der Waals surface area contributed by atoms with Crippen molar-refractivity contribution < 1.29 is 22.4 Å². The minimum atomic E-state index is -4.31. The molecule has 19 heavy (non-hydrogen) atoms. The maximum absolute atomic E-state index is 11.8. The lowest BCUT2D eigenvalue weighted by molar-refractivity contribution is -0.173. The van der Waals surface area contributed by atoms with Crippen LogP contribution in [0.3, 0.4) is 0 Å². The third-order valence-electron chi connectivity index (χ3n) is 2.02. The monoisotopic (exact) mass is 281 g/mol.